The van der Waals surface area contributed by atoms with Gasteiger partial charge in [-0.25, -0.2) is 0 Å². The van der Waals surface area contributed by atoms with Crippen LogP contribution >= 0.6 is 11.8 Å². The number of aromatic amines is 1. The van der Waals surface area contributed by atoms with Crippen LogP contribution in [0.25, 0.3) is 10.9 Å². The summed E-state index contributed by atoms with van der Waals surface area (Å²) in [6, 6.07) is 14.7. The Morgan fingerprint density at radius 1 is 1.07 bits per heavy atom. The van der Waals surface area contributed by atoms with E-state index in [9.17, 15) is 14.4 Å². The first kappa shape index (κ1) is 19.3. The largest absolute Gasteiger partial charge is 0.358 e. The molecule has 1 aromatic heterocycles. The number of H-pyrrole nitrogens is 1. The minimum atomic E-state index is -0.197. The Morgan fingerprint density at radius 2 is 1.76 bits per heavy atom. The maximum Gasteiger partial charge on any atom is 0.251 e. The second-order valence-corrected chi connectivity index (χ2v) is 8.00. The van der Waals surface area contributed by atoms with Crippen LogP contribution in [0.5, 0.6) is 0 Å². The summed E-state index contributed by atoms with van der Waals surface area (Å²) in [6.45, 7) is 2.59. The third-order valence-electron chi connectivity index (χ3n) is 4.91. The van der Waals surface area contributed by atoms with Gasteiger partial charge in [-0.1, -0.05) is 18.2 Å². The van der Waals surface area contributed by atoms with Crippen LogP contribution in [-0.2, 0) is 9.59 Å². The number of carbonyl (C=O) groups excluding carboxylic acids is 3. The molecule has 0 aliphatic carbocycles. The number of para-hydroxylation sites is 1. The standard InChI is InChI=1S/C22H21N3O3S/c1-14-21(17-4-2-3-5-18(17)24-14)29-13-12-23-22(28)15-6-8-16(9-7-15)25-19(26)10-11-20(25)27/h2-9,24H,10-13H2,1H3,(H,23,28). The number of nitrogens with zero attached hydrogens (tertiary/aromatic N) is 1. The lowest BCUT2D eigenvalue weighted by atomic mass is 10.2. The van der Waals surface area contributed by atoms with Gasteiger partial charge >= 0.3 is 0 Å². The highest BCUT2D eigenvalue weighted by Gasteiger charge is 2.30. The number of hydrogen-bond donors (Lipinski definition) is 2. The van der Waals surface area contributed by atoms with Gasteiger partial charge in [0.25, 0.3) is 5.91 Å². The number of aromatic nitrogens is 1. The summed E-state index contributed by atoms with van der Waals surface area (Å²) in [4.78, 5) is 41.7. The molecule has 1 saturated heterocycles. The maximum absolute atomic E-state index is 12.4. The van der Waals surface area contributed by atoms with E-state index in [4.69, 9.17) is 0 Å². The monoisotopic (exact) mass is 407 g/mol. The fourth-order valence-corrected chi connectivity index (χ4v) is 4.49. The summed E-state index contributed by atoms with van der Waals surface area (Å²) in [7, 11) is 0. The Bertz CT molecular complexity index is 1070. The highest BCUT2D eigenvalue weighted by molar-refractivity contribution is 7.99. The van der Waals surface area contributed by atoms with Crippen LogP contribution < -0.4 is 10.2 Å². The van der Waals surface area contributed by atoms with Crippen LogP contribution in [0.4, 0.5) is 5.69 Å². The van der Waals surface area contributed by atoms with Crippen LogP contribution in [0.1, 0.15) is 28.9 Å². The fourth-order valence-electron chi connectivity index (χ4n) is 3.48. The molecule has 2 heterocycles. The van der Waals surface area contributed by atoms with Gasteiger partial charge in [-0.2, -0.15) is 0 Å². The predicted molar refractivity (Wildman–Crippen MR) is 114 cm³/mol. The van der Waals surface area contributed by atoms with E-state index in [2.05, 4.69) is 29.4 Å². The molecule has 3 aromatic rings. The van der Waals surface area contributed by atoms with E-state index >= 15 is 0 Å². The molecule has 7 heteroatoms. The maximum atomic E-state index is 12.4. The minimum absolute atomic E-state index is 0.174. The van der Waals surface area contributed by atoms with Crippen LogP contribution in [0.3, 0.4) is 0 Å². The molecule has 1 aliphatic rings. The molecule has 29 heavy (non-hydrogen) atoms. The summed E-state index contributed by atoms with van der Waals surface area (Å²) >= 11 is 1.71. The van der Waals surface area contributed by atoms with Crippen molar-refractivity contribution >= 4 is 46.1 Å². The van der Waals surface area contributed by atoms with E-state index in [1.807, 2.05) is 12.1 Å². The van der Waals surface area contributed by atoms with Gasteiger partial charge in [0.2, 0.25) is 11.8 Å². The highest BCUT2D eigenvalue weighted by atomic mass is 32.2. The van der Waals surface area contributed by atoms with Crippen LogP contribution in [0.2, 0.25) is 0 Å². The van der Waals surface area contributed by atoms with Gasteiger partial charge in [-0.3, -0.25) is 19.3 Å². The van der Waals surface area contributed by atoms with Gasteiger partial charge in [-0.05, 0) is 37.3 Å². The van der Waals surface area contributed by atoms with Crippen molar-refractivity contribution in [3.63, 3.8) is 0 Å². The van der Waals surface area contributed by atoms with E-state index in [1.54, 1.807) is 36.0 Å². The second kappa shape index (κ2) is 8.13. The Balaban J connectivity index is 1.32. The van der Waals surface area contributed by atoms with E-state index < -0.39 is 0 Å². The van der Waals surface area contributed by atoms with Gasteiger partial charge in [0.15, 0.2) is 0 Å². The Kier molecular flexibility index (Phi) is 5.40. The number of nitrogens with one attached hydrogen (secondary N) is 2. The zero-order valence-corrected chi connectivity index (χ0v) is 16.8. The molecule has 0 saturated carbocycles. The first-order valence-corrected chi connectivity index (χ1v) is 10.5. The van der Waals surface area contributed by atoms with Gasteiger partial charge in [0.05, 0.1) is 5.69 Å². The fraction of sp³-hybridized carbons (Fsp3) is 0.227. The highest BCUT2D eigenvalue weighted by Crippen LogP contribution is 2.31. The van der Waals surface area contributed by atoms with E-state index in [-0.39, 0.29) is 30.6 Å². The van der Waals surface area contributed by atoms with E-state index in [1.165, 1.54) is 15.2 Å². The van der Waals surface area contributed by atoms with Crippen LogP contribution in [-0.4, -0.2) is 35.0 Å². The number of anilines is 1. The molecular weight excluding hydrogens is 386 g/mol. The number of benzene rings is 2. The van der Waals surface area contributed by atoms with Crippen molar-refractivity contribution in [2.45, 2.75) is 24.7 Å². The number of imide groups is 1. The van der Waals surface area contributed by atoms with Crippen molar-refractivity contribution in [2.24, 2.45) is 0 Å². The van der Waals surface area contributed by atoms with Crippen LogP contribution in [0, 0.1) is 6.92 Å². The van der Waals surface area contributed by atoms with Crippen molar-refractivity contribution in [3.8, 4) is 0 Å². The third-order valence-corrected chi connectivity index (χ3v) is 6.13. The lowest BCUT2D eigenvalue weighted by molar-refractivity contribution is -0.121. The Labute approximate surface area is 172 Å². The molecule has 3 amide bonds. The molecule has 0 radical (unpaired) electrons. The molecule has 0 bridgehead atoms. The summed E-state index contributed by atoms with van der Waals surface area (Å²) < 4.78 is 0. The number of rotatable bonds is 6. The molecule has 2 aromatic carbocycles. The predicted octanol–water partition coefficient (Wildman–Crippen LogP) is 3.65. The molecule has 4 rings (SSSR count). The summed E-state index contributed by atoms with van der Waals surface area (Å²) in [6.07, 6.45) is 0.489. The van der Waals surface area contributed by atoms with E-state index in [0.717, 1.165) is 17.0 Å². The van der Waals surface area contributed by atoms with Crippen molar-refractivity contribution in [2.75, 3.05) is 17.2 Å². The Morgan fingerprint density at radius 3 is 2.48 bits per heavy atom. The Hall–Kier alpha value is -3.06. The zero-order valence-electron chi connectivity index (χ0n) is 16.0. The van der Waals surface area contributed by atoms with Crippen molar-refractivity contribution in [1.29, 1.82) is 0 Å². The molecular formula is C22H21N3O3S. The molecule has 148 valence electrons. The molecule has 0 spiro atoms. The normalized spacial score (nSPS) is 14.0. The minimum Gasteiger partial charge on any atom is -0.358 e. The number of thioether (sulfide) groups is 1. The molecule has 0 atom stereocenters. The number of fused-ring (bicyclic) bond motifs is 1. The molecule has 1 aliphatic heterocycles. The van der Waals surface area contributed by atoms with Gasteiger partial charge in [0, 0.05) is 52.2 Å². The average molecular weight is 407 g/mol. The van der Waals surface area contributed by atoms with Crippen molar-refractivity contribution in [3.05, 3.63) is 59.8 Å². The number of amides is 3. The molecule has 2 N–H and O–H groups in total. The van der Waals surface area contributed by atoms with Gasteiger partial charge in [-0.15, -0.1) is 11.8 Å². The quantitative estimate of drug-likeness (QED) is 0.371. The van der Waals surface area contributed by atoms with Crippen molar-refractivity contribution < 1.29 is 14.4 Å². The third kappa shape index (κ3) is 3.91. The van der Waals surface area contributed by atoms with Gasteiger partial charge in [0.1, 0.15) is 0 Å². The van der Waals surface area contributed by atoms with Crippen molar-refractivity contribution in [1.82, 2.24) is 10.3 Å². The summed E-state index contributed by atoms with van der Waals surface area (Å²) in [5.41, 5.74) is 3.26. The topological polar surface area (TPSA) is 82.3 Å². The SMILES string of the molecule is Cc1[nH]c2ccccc2c1SCCNC(=O)c1ccc(N2C(=O)CCC2=O)cc1. The van der Waals surface area contributed by atoms with E-state index in [0.29, 0.717) is 17.8 Å². The number of hydrogen-bond acceptors (Lipinski definition) is 4. The number of aryl methyl sites for hydroxylation is 1. The van der Waals surface area contributed by atoms with Crippen LogP contribution in [0.15, 0.2) is 53.4 Å². The lowest BCUT2D eigenvalue weighted by Gasteiger charge is -2.14. The number of carbonyl (C=O) groups is 3. The van der Waals surface area contributed by atoms with Gasteiger partial charge < -0.3 is 10.3 Å². The lowest BCUT2D eigenvalue weighted by Crippen LogP contribution is -2.29. The molecule has 1 fully saturated rings. The summed E-state index contributed by atoms with van der Waals surface area (Å²) in [5.74, 6) is 0.184. The molecule has 0 unspecified atom stereocenters. The molecule has 6 nitrogen and oxygen atoms in total. The average Bonchev–Trinajstić information content (AvgIpc) is 3.23. The zero-order chi connectivity index (χ0) is 20.4. The first-order valence-electron chi connectivity index (χ1n) is 9.49. The smallest absolute Gasteiger partial charge is 0.251 e. The summed E-state index contributed by atoms with van der Waals surface area (Å²) in [5, 5.41) is 4.12. The second-order valence-electron chi connectivity index (χ2n) is 6.90. The first-order chi connectivity index (χ1) is 14.0.